The van der Waals surface area contributed by atoms with Gasteiger partial charge in [-0.2, -0.15) is 10.2 Å². The number of piperidine rings is 1. The summed E-state index contributed by atoms with van der Waals surface area (Å²) in [6, 6.07) is 3.78. The van der Waals surface area contributed by atoms with Gasteiger partial charge in [0.15, 0.2) is 0 Å². The third-order valence-electron chi connectivity index (χ3n) is 6.06. The van der Waals surface area contributed by atoms with Crippen LogP contribution in [0.15, 0.2) is 17.1 Å². The molecule has 0 bridgehead atoms. The Hall–Kier alpha value is -3.15. The zero-order chi connectivity index (χ0) is 24.9. The van der Waals surface area contributed by atoms with Gasteiger partial charge in [0.2, 0.25) is 5.95 Å². The van der Waals surface area contributed by atoms with E-state index in [1.165, 1.54) is 0 Å². The Morgan fingerprint density at radius 2 is 1.82 bits per heavy atom. The Balaban J connectivity index is 0.00000158. The first kappa shape index (κ1) is 25.5. The zero-order valence-corrected chi connectivity index (χ0v) is 20.9. The van der Waals surface area contributed by atoms with Crippen molar-refractivity contribution in [2.24, 2.45) is 0 Å². The van der Waals surface area contributed by atoms with Crippen LogP contribution in [0.2, 0.25) is 0 Å². The van der Waals surface area contributed by atoms with Crippen LogP contribution in [0.1, 0.15) is 84.7 Å². The lowest BCUT2D eigenvalue weighted by Gasteiger charge is -2.33. The highest BCUT2D eigenvalue weighted by Gasteiger charge is 2.28. The number of ether oxygens (including phenoxy) is 1. The number of aromatic nitrogens is 3. The Bertz CT molecular complexity index is 1100. The summed E-state index contributed by atoms with van der Waals surface area (Å²) in [4.78, 5) is 36.0. The van der Waals surface area contributed by atoms with Crippen LogP contribution in [0, 0.1) is 11.3 Å². The van der Waals surface area contributed by atoms with Crippen LogP contribution in [0.4, 0.5) is 10.7 Å². The Kier molecular flexibility index (Phi) is 8.13. The highest BCUT2D eigenvalue weighted by molar-refractivity contribution is 5.77. The summed E-state index contributed by atoms with van der Waals surface area (Å²) in [5.74, 6) is 0.462. The molecule has 0 aromatic carbocycles. The maximum absolute atomic E-state index is 12.9. The molecule has 0 radical (unpaired) electrons. The number of pyridine rings is 1. The molecule has 2 aliphatic rings. The van der Waals surface area contributed by atoms with Crippen molar-refractivity contribution in [3.05, 3.63) is 28.2 Å². The number of nitrogens with zero attached hydrogens (tertiary/aromatic N) is 5. The molecular weight excluding hydrogens is 432 g/mol. The molecule has 2 aromatic heterocycles. The quantitative estimate of drug-likeness (QED) is 0.699. The average Bonchev–Trinajstić information content (AvgIpc) is 3.34. The van der Waals surface area contributed by atoms with Crippen LogP contribution in [0.25, 0.3) is 11.0 Å². The van der Waals surface area contributed by atoms with Gasteiger partial charge >= 0.3 is 6.09 Å². The molecule has 9 heteroatoms. The lowest BCUT2D eigenvalue weighted by Crippen LogP contribution is -2.44. The molecule has 1 saturated heterocycles. The van der Waals surface area contributed by atoms with Gasteiger partial charge in [-0.15, -0.1) is 0 Å². The first-order chi connectivity index (χ1) is 16.2. The average molecular weight is 469 g/mol. The predicted molar refractivity (Wildman–Crippen MR) is 132 cm³/mol. The fourth-order valence-corrected chi connectivity index (χ4v) is 4.49. The van der Waals surface area contributed by atoms with E-state index in [1.807, 2.05) is 40.7 Å². The molecule has 1 N–H and O–H groups in total. The Morgan fingerprint density at radius 3 is 2.41 bits per heavy atom. The Labute approximate surface area is 201 Å². The van der Waals surface area contributed by atoms with Gasteiger partial charge in [0.25, 0.3) is 5.56 Å². The maximum Gasteiger partial charge on any atom is 0.410 e. The second kappa shape index (κ2) is 10.9. The SMILES string of the molecule is CC.CC(C)(C)OC(=O)N1CCC(Nc2ncc3cc(C#N)c(=O)n(C4CCCC4)c3n2)CC1. The van der Waals surface area contributed by atoms with Gasteiger partial charge in [0.1, 0.15) is 22.9 Å². The number of likely N-dealkylation sites (tertiary alicyclic amines) is 1. The van der Waals surface area contributed by atoms with Gasteiger partial charge in [-0.25, -0.2) is 9.78 Å². The second-order valence-corrected chi connectivity index (χ2v) is 9.64. The predicted octanol–water partition coefficient (Wildman–Crippen LogP) is 4.62. The molecule has 1 aliphatic carbocycles. The number of rotatable bonds is 3. The fourth-order valence-electron chi connectivity index (χ4n) is 4.49. The summed E-state index contributed by atoms with van der Waals surface area (Å²) in [5, 5.41) is 13.4. The monoisotopic (exact) mass is 468 g/mol. The summed E-state index contributed by atoms with van der Waals surface area (Å²) < 4.78 is 7.15. The molecule has 3 heterocycles. The van der Waals surface area contributed by atoms with Crippen LogP contribution >= 0.6 is 0 Å². The van der Waals surface area contributed by atoms with Crippen LogP contribution in [0.3, 0.4) is 0 Å². The number of hydrogen-bond donors (Lipinski definition) is 1. The number of hydrogen-bond acceptors (Lipinski definition) is 7. The molecule has 2 fully saturated rings. The zero-order valence-electron chi connectivity index (χ0n) is 20.9. The van der Waals surface area contributed by atoms with Gasteiger partial charge in [-0.05, 0) is 52.5 Å². The number of carbonyl (C=O) groups excluding carboxylic acids is 1. The molecule has 34 heavy (non-hydrogen) atoms. The molecule has 184 valence electrons. The third kappa shape index (κ3) is 5.85. The number of nitrogens with one attached hydrogen (secondary N) is 1. The van der Waals surface area contributed by atoms with Gasteiger partial charge in [-0.1, -0.05) is 26.7 Å². The molecule has 1 aliphatic heterocycles. The summed E-state index contributed by atoms with van der Waals surface area (Å²) in [5.41, 5.74) is -0.0823. The highest BCUT2D eigenvalue weighted by atomic mass is 16.6. The Morgan fingerprint density at radius 1 is 1.18 bits per heavy atom. The number of anilines is 1. The van der Waals surface area contributed by atoms with E-state index in [-0.39, 0.29) is 29.3 Å². The van der Waals surface area contributed by atoms with Crippen molar-refractivity contribution >= 4 is 23.1 Å². The summed E-state index contributed by atoms with van der Waals surface area (Å²) in [7, 11) is 0. The largest absolute Gasteiger partial charge is 0.444 e. The highest BCUT2D eigenvalue weighted by Crippen LogP contribution is 2.30. The first-order valence-electron chi connectivity index (χ1n) is 12.3. The molecule has 1 amide bonds. The fraction of sp³-hybridized carbons (Fsp3) is 0.640. The van der Waals surface area contributed by atoms with Crippen molar-refractivity contribution in [3.8, 4) is 6.07 Å². The van der Waals surface area contributed by atoms with Crippen LogP contribution in [-0.2, 0) is 4.74 Å². The summed E-state index contributed by atoms with van der Waals surface area (Å²) in [6.45, 7) is 10.8. The van der Waals surface area contributed by atoms with E-state index >= 15 is 0 Å². The van der Waals surface area contributed by atoms with E-state index in [9.17, 15) is 14.9 Å². The van der Waals surface area contributed by atoms with Crippen molar-refractivity contribution in [1.82, 2.24) is 19.4 Å². The summed E-state index contributed by atoms with van der Waals surface area (Å²) in [6.07, 6.45) is 6.87. The standard InChI is InChI=1S/C23H30N6O3.C2H6/c1-23(2,3)32-22(31)28-10-8-17(9-11-28)26-21-25-14-16-12-15(13-24)20(30)29(19(16)27-21)18-6-4-5-7-18;1-2/h12,14,17-18H,4-11H2,1-3H3,(H,25,26,27);1-2H3. The lowest BCUT2D eigenvalue weighted by atomic mass is 10.1. The van der Waals surface area contributed by atoms with E-state index in [2.05, 4.69) is 15.3 Å². The molecule has 0 atom stereocenters. The molecule has 0 spiro atoms. The van der Waals surface area contributed by atoms with Gasteiger partial charge in [-0.3, -0.25) is 9.36 Å². The molecular formula is C25H36N6O3. The number of carbonyl (C=O) groups is 1. The van der Waals surface area contributed by atoms with Gasteiger partial charge < -0.3 is 15.0 Å². The first-order valence-corrected chi connectivity index (χ1v) is 12.3. The molecule has 0 unspecified atom stereocenters. The van der Waals surface area contributed by atoms with E-state index < -0.39 is 5.60 Å². The minimum Gasteiger partial charge on any atom is -0.444 e. The van der Waals surface area contributed by atoms with E-state index in [0.717, 1.165) is 38.5 Å². The van der Waals surface area contributed by atoms with Gasteiger partial charge in [0, 0.05) is 36.8 Å². The summed E-state index contributed by atoms with van der Waals surface area (Å²) >= 11 is 0. The normalized spacial score (nSPS) is 17.1. The minimum absolute atomic E-state index is 0.0677. The van der Waals surface area contributed by atoms with Crippen LogP contribution in [-0.4, -0.2) is 50.3 Å². The molecule has 9 nitrogen and oxygen atoms in total. The third-order valence-corrected chi connectivity index (χ3v) is 6.06. The van der Waals surface area contributed by atoms with E-state index in [4.69, 9.17) is 4.74 Å². The van der Waals surface area contributed by atoms with Gasteiger partial charge in [0.05, 0.1) is 0 Å². The molecule has 2 aromatic rings. The maximum atomic E-state index is 12.9. The molecule has 4 rings (SSSR count). The van der Waals surface area contributed by atoms with Crippen molar-refractivity contribution < 1.29 is 9.53 Å². The lowest BCUT2D eigenvalue weighted by molar-refractivity contribution is 0.0210. The number of fused-ring (bicyclic) bond motifs is 1. The van der Waals surface area contributed by atoms with Crippen molar-refractivity contribution in [2.45, 2.75) is 90.8 Å². The van der Waals surface area contributed by atoms with E-state index in [0.29, 0.717) is 30.1 Å². The van der Waals surface area contributed by atoms with Crippen molar-refractivity contribution in [2.75, 3.05) is 18.4 Å². The number of nitriles is 1. The van der Waals surface area contributed by atoms with Crippen LogP contribution in [0.5, 0.6) is 0 Å². The minimum atomic E-state index is -0.508. The van der Waals surface area contributed by atoms with Crippen molar-refractivity contribution in [1.29, 1.82) is 5.26 Å². The van der Waals surface area contributed by atoms with Crippen molar-refractivity contribution in [3.63, 3.8) is 0 Å². The molecule has 1 saturated carbocycles. The second-order valence-electron chi connectivity index (χ2n) is 9.64. The topological polar surface area (TPSA) is 113 Å². The smallest absolute Gasteiger partial charge is 0.410 e. The number of amides is 1. The van der Waals surface area contributed by atoms with E-state index in [1.54, 1.807) is 21.7 Å². The van der Waals surface area contributed by atoms with Crippen LogP contribution < -0.4 is 10.9 Å².